The molecule has 4 aromatic rings. The summed E-state index contributed by atoms with van der Waals surface area (Å²) in [5, 5.41) is 7.09. The predicted molar refractivity (Wildman–Crippen MR) is 125 cm³/mol. The zero-order valence-corrected chi connectivity index (χ0v) is 22.2. The van der Waals surface area contributed by atoms with E-state index in [0.29, 0.717) is 0 Å². The third-order valence-electron chi connectivity index (χ3n) is 4.69. The Balaban J connectivity index is 0.000000597. The van der Waals surface area contributed by atoms with Gasteiger partial charge in [-0.05, 0) is 24.2 Å². The summed E-state index contributed by atoms with van der Waals surface area (Å²) < 4.78 is 0. The summed E-state index contributed by atoms with van der Waals surface area (Å²) in [5.41, 5.74) is 0. The maximum absolute atomic E-state index is 2.42. The molecule has 0 bridgehead atoms. The molecule has 0 fully saturated rings. The van der Waals surface area contributed by atoms with E-state index in [4.69, 9.17) is 0 Å². The van der Waals surface area contributed by atoms with Crippen LogP contribution in [0.1, 0.15) is 27.7 Å². The molecule has 0 unspecified atom stereocenters. The summed E-state index contributed by atoms with van der Waals surface area (Å²) in [5.74, 6) is 1.60. The zero-order chi connectivity index (χ0) is 19.2. The molecule has 4 heteroatoms. The van der Waals surface area contributed by atoms with E-state index in [0.717, 1.165) is 11.8 Å². The van der Waals surface area contributed by atoms with Gasteiger partial charge < -0.3 is 24.8 Å². The van der Waals surface area contributed by atoms with Crippen molar-refractivity contribution in [2.45, 2.75) is 27.7 Å². The van der Waals surface area contributed by atoms with Gasteiger partial charge in [-0.2, -0.15) is 23.6 Å². The van der Waals surface area contributed by atoms with Crippen LogP contribution in [0.2, 0.25) is 0 Å². The maximum atomic E-state index is 2.42. The fourth-order valence-electron chi connectivity index (χ4n) is 3.55. The first kappa shape index (κ1) is 29.4. The molecule has 4 rings (SSSR count). The SMILES string of the molecule is CC(C)CP(CC(C)C)c1cc2ccccc2[cH-]1.[Cl-].[Cl-].[Ti+4].c1ccc2[cH-]ccc2c1. The minimum Gasteiger partial charge on any atom is -1.00 e. The van der Waals surface area contributed by atoms with Crippen LogP contribution in [0.5, 0.6) is 0 Å². The molecule has 0 N–H and O–H groups in total. The van der Waals surface area contributed by atoms with Gasteiger partial charge in [-0.25, -0.2) is 0 Å². The van der Waals surface area contributed by atoms with Gasteiger partial charge in [0, 0.05) is 0 Å². The summed E-state index contributed by atoms with van der Waals surface area (Å²) >= 11 is 0. The Morgan fingerprint density at radius 2 is 1.27 bits per heavy atom. The van der Waals surface area contributed by atoms with Gasteiger partial charge in [-0.3, -0.25) is 0 Å². The zero-order valence-electron chi connectivity index (χ0n) is 18.3. The second kappa shape index (κ2) is 14.4. The van der Waals surface area contributed by atoms with Gasteiger partial charge in [0.05, 0.1) is 0 Å². The molecule has 0 aliphatic heterocycles. The molecule has 0 heterocycles. The Hall–Kier alpha value is -0.616. The van der Waals surface area contributed by atoms with Crippen molar-refractivity contribution in [2.24, 2.45) is 11.8 Å². The van der Waals surface area contributed by atoms with Crippen molar-refractivity contribution in [3.05, 3.63) is 78.9 Å². The number of benzene rings is 2. The molecule has 30 heavy (non-hydrogen) atoms. The Labute approximate surface area is 211 Å². The van der Waals surface area contributed by atoms with Crippen molar-refractivity contribution in [3.63, 3.8) is 0 Å². The third kappa shape index (κ3) is 8.49. The summed E-state index contributed by atoms with van der Waals surface area (Å²) in [6, 6.07) is 28.3. The second-order valence-corrected chi connectivity index (χ2v) is 10.5. The van der Waals surface area contributed by atoms with E-state index in [2.05, 4.69) is 107 Å². The third-order valence-corrected chi connectivity index (χ3v) is 8.02. The van der Waals surface area contributed by atoms with Gasteiger partial charge in [0.25, 0.3) is 0 Å². The van der Waals surface area contributed by atoms with Gasteiger partial charge >= 0.3 is 21.7 Å². The number of rotatable bonds is 5. The van der Waals surface area contributed by atoms with Crippen molar-refractivity contribution >= 4 is 34.8 Å². The first-order chi connectivity index (χ1) is 13.0. The van der Waals surface area contributed by atoms with Gasteiger partial charge in [-0.15, -0.1) is 70.0 Å². The molecule has 0 saturated carbocycles. The van der Waals surface area contributed by atoms with Crippen molar-refractivity contribution in [3.8, 4) is 0 Å². The molecule has 0 saturated heterocycles. The van der Waals surface area contributed by atoms with E-state index in [1.54, 1.807) is 5.30 Å². The average molecular weight is 493 g/mol. The smallest absolute Gasteiger partial charge is 1.00 e. The van der Waals surface area contributed by atoms with E-state index < -0.39 is 0 Å². The van der Waals surface area contributed by atoms with Crippen LogP contribution >= 0.6 is 7.92 Å². The predicted octanol–water partition coefficient (Wildman–Crippen LogP) is 1.54. The fraction of sp³-hybridized carbons (Fsp3) is 0.308. The molecule has 0 aromatic heterocycles. The van der Waals surface area contributed by atoms with Crippen molar-refractivity contribution in [1.82, 2.24) is 0 Å². The first-order valence-electron chi connectivity index (χ1n) is 10.0. The van der Waals surface area contributed by atoms with Crippen LogP contribution in [0.15, 0.2) is 78.9 Å². The minimum atomic E-state index is 0. The van der Waals surface area contributed by atoms with Gasteiger partial charge in [0.1, 0.15) is 0 Å². The molecular weight excluding hydrogens is 462 g/mol. The summed E-state index contributed by atoms with van der Waals surface area (Å²) in [4.78, 5) is 0. The van der Waals surface area contributed by atoms with Gasteiger partial charge in [0.15, 0.2) is 0 Å². The molecule has 0 radical (unpaired) electrons. The number of fused-ring (bicyclic) bond motifs is 2. The van der Waals surface area contributed by atoms with E-state index >= 15 is 0 Å². The maximum Gasteiger partial charge on any atom is 4.00 e. The minimum absolute atomic E-state index is 0. The van der Waals surface area contributed by atoms with Gasteiger partial charge in [-0.1, -0.05) is 47.7 Å². The molecule has 0 aliphatic carbocycles. The molecule has 4 aromatic carbocycles. The molecular formula is C26H31Cl2PTi. The van der Waals surface area contributed by atoms with E-state index in [1.807, 2.05) is 0 Å². The molecule has 0 nitrogen and oxygen atoms in total. The molecule has 0 aliphatic rings. The van der Waals surface area contributed by atoms with Crippen LogP contribution < -0.4 is 30.1 Å². The van der Waals surface area contributed by atoms with Crippen molar-refractivity contribution in [2.75, 3.05) is 12.3 Å². The fourth-order valence-corrected chi connectivity index (χ4v) is 6.53. The van der Waals surface area contributed by atoms with Crippen LogP contribution in [-0.4, -0.2) is 12.3 Å². The van der Waals surface area contributed by atoms with Crippen LogP contribution in [0.4, 0.5) is 0 Å². The van der Waals surface area contributed by atoms with Crippen LogP contribution in [-0.2, 0) is 21.7 Å². The standard InChI is InChI=1S/C17H24P.C9H7.2ClH.Ti/c1-13(2)11-18(12-14(3)4)17-9-15-7-5-6-8-16(15)10-17;1-2-5-9-7-3-6-8(9)4-1;;;/h5-10,13-14H,11-12H2,1-4H3;1-7H;2*1H;/q2*-1;;;+4/p-2. The number of hydrogen-bond donors (Lipinski definition) is 0. The Bertz CT molecular complexity index is 898. The molecule has 0 amide bonds. The summed E-state index contributed by atoms with van der Waals surface area (Å²) in [6.45, 7) is 9.38. The summed E-state index contributed by atoms with van der Waals surface area (Å²) in [6.07, 6.45) is 2.73. The van der Waals surface area contributed by atoms with E-state index in [-0.39, 0.29) is 54.5 Å². The quantitative estimate of drug-likeness (QED) is 0.225. The largest absolute Gasteiger partial charge is 4.00 e. The number of hydrogen-bond acceptors (Lipinski definition) is 0. The van der Waals surface area contributed by atoms with Gasteiger partial charge in [0.2, 0.25) is 0 Å². The second-order valence-electron chi connectivity index (χ2n) is 8.19. The average Bonchev–Trinajstić information content (AvgIpc) is 3.27. The van der Waals surface area contributed by atoms with Crippen molar-refractivity contribution in [1.29, 1.82) is 0 Å². The van der Waals surface area contributed by atoms with E-state index in [9.17, 15) is 0 Å². The van der Waals surface area contributed by atoms with Crippen LogP contribution in [0, 0.1) is 11.8 Å². The molecule has 0 atom stereocenters. The Morgan fingerprint density at radius 3 is 1.80 bits per heavy atom. The van der Waals surface area contributed by atoms with E-state index in [1.165, 1.54) is 33.9 Å². The monoisotopic (exact) mass is 492 g/mol. The molecule has 158 valence electrons. The Kier molecular flexibility index (Phi) is 14.2. The van der Waals surface area contributed by atoms with Crippen LogP contribution in [0.3, 0.4) is 0 Å². The number of halogens is 2. The topological polar surface area (TPSA) is 0 Å². The summed E-state index contributed by atoms with van der Waals surface area (Å²) in [7, 11) is 0.0185. The first-order valence-corrected chi connectivity index (χ1v) is 11.7. The molecule has 0 spiro atoms. The Morgan fingerprint density at radius 1 is 0.733 bits per heavy atom. The van der Waals surface area contributed by atoms with Crippen molar-refractivity contribution < 1.29 is 46.5 Å². The normalized spacial score (nSPS) is 10.4. The van der Waals surface area contributed by atoms with Crippen LogP contribution in [0.25, 0.3) is 21.5 Å².